The van der Waals surface area contributed by atoms with Crippen molar-refractivity contribution in [3.63, 3.8) is 0 Å². The van der Waals surface area contributed by atoms with Gasteiger partial charge in [-0.1, -0.05) is 0 Å². The van der Waals surface area contributed by atoms with Gasteiger partial charge in [-0.25, -0.2) is 15.0 Å². The van der Waals surface area contributed by atoms with Crippen molar-refractivity contribution in [3.05, 3.63) is 12.7 Å². The van der Waals surface area contributed by atoms with Gasteiger partial charge in [0.25, 0.3) is 0 Å². The molecule has 4 rings (SSSR count). The molecular formula is C20H29N7O5. The summed E-state index contributed by atoms with van der Waals surface area (Å²) in [4.78, 5) is 37.7. The number of carbonyl (C=O) groups is 2. The Kier molecular flexibility index (Phi) is 5.77. The maximum absolute atomic E-state index is 12.5. The van der Waals surface area contributed by atoms with E-state index in [4.69, 9.17) is 21.3 Å². The zero-order valence-corrected chi connectivity index (χ0v) is 18.0. The van der Waals surface area contributed by atoms with E-state index in [0.717, 1.165) is 0 Å². The number of fused-ring (bicyclic) bond motifs is 1. The first-order valence-corrected chi connectivity index (χ1v) is 10.7. The number of nitrogen functional groups attached to an aromatic ring is 1. The van der Waals surface area contributed by atoms with Gasteiger partial charge in [0.05, 0.1) is 24.6 Å². The number of hydrogen-bond donors (Lipinski definition) is 4. The third-order valence-corrected chi connectivity index (χ3v) is 6.69. The van der Waals surface area contributed by atoms with E-state index in [9.17, 15) is 14.7 Å². The first kappa shape index (κ1) is 22.4. The molecule has 6 N–H and O–H groups in total. The van der Waals surface area contributed by atoms with Crippen molar-refractivity contribution in [1.29, 1.82) is 0 Å². The number of nitrogens with zero attached hydrogens (tertiary/aromatic N) is 5. The fourth-order valence-corrected chi connectivity index (χ4v) is 4.60. The summed E-state index contributed by atoms with van der Waals surface area (Å²) in [6.07, 6.45) is 4.95. The number of likely N-dealkylation sites (tertiary alicyclic amines) is 1. The summed E-state index contributed by atoms with van der Waals surface area (Å²) in [5.41, 5.74) is 10.8. The number of imidazole rings is 1. The van der Waals surface area contributed by atoms with Crippen molar-refractivity contribution in [3.8, 4) is 0 Å². The summed E-state index contributed by atoms with van der Waals surface area (Å²) in [5.74, 6) is -0.934. The van der Waals surface area contributed by atoms with Crippen LogP contribution in [0.3, 0.4) is 0 Å². The number of amides is 1. The number of rotatable bonds is 5. The number of hydrogen-bond acceptors (Lipinski definition) is 9. The van der Waals surface area contributed by atoms with Gasteiger partial charge in [0.15, 0.2) is 11.5 Å². The van der Waals surface area contributed by atoms with Crippen LogP contribution in [0, 0.1) is 0 Å². The summed E-state index contributed by atoms with van der Waals surface area (Å²) in [6, 6.07) is -1.38. The average molecular weight is 447 g/mol. The highest BCUT2D eigenvalue weighted by Crippen LogP contribution is 2.44. The van der Waals surface area contributed by atoms with Gasteiger partial charge in [0.1, 0.15) is 23.5 Å². The molecule has 0 unspecified atom stereocenters. The summed E-state index contributed by atoms with van der Waals surface area (Å²) >= 11 is 0. The molecule has 2 aliphatic rings. The molecule has 2 aromatic heterocycles. The molecule has 1 amide bonds. The molecule has 2 aliphatic heterocycles. The van der Waals surface area contributed by atoms with E-state index in [1.165, 1.54) is 6.33 Å². The van der Waals surface area contributed by atoms with Crippen LogP contribution in [0.4, 0.5) is 5.82 Å². The maximum atomic E-state index is 12.5. The summed E-state index contributed by atoms with van der Waals surface area (Å²) in [6.45, 7) is 2.86. The van der Waals surface area contributed by atoms with Crippen LogP contribution in [0.2, 0.25) is 0 Å². The number of piperidine rings is 1. The van der Waals surface area contributed by atoms with Gasteiger partial charge in [-0.15, -0.1) is 0 Å². The second-order valence-corrected chi connectivity index (χ2v) is 9.00. The molecule has 174 valence electrons. The minimum Gasteiger partial charge on any atom is -0.480 e. The van der Waals surface area contributed by atoms with E-state index in [-0.39, 0.29) is 37.2 Å². The second kappa shape index (κ2) is 8.26. The van der Waals surface area contributed by atoms with Crippen LogP contribution in [-0.4, -0.2) is 83.4 Å². The molecule has 1 spiro atoms. The Balaban J connectivity index is 1.46. The zero-order valence-electron chi connectivity index (χ0n) is 18.0. The number of carbonyl (C=O) groups excluding carboxylic acids is 1. The topological polar surface area (TPSA) is 183 Å². The third kappa shape index (κ3) is 4.12. The number of carboxylic acids is 1. The van der Waals surface area contributed by atoms with Crippen LogP contribution < -0.4 is 11.5 Å². The lowest BCUT2D eigenvalue weighted by Gasteiger charge is -2.51. The fraction of sp³-hybridized carbons (Fsp3) is 0.650. The minimum atomic E-state index is -1.14. The van der Waals surface area contributed by atoms with Crippen molar-refractivity contribution in [2.24, 2.45) is 5.73 Å². The van der Waals surface area contributed by atoms with Crippen molar-refractivity contribution in [1.82, 2.24) is 24.4 Å². The lowest BCUT2D eigenvalue weighted by molar-refractivity contribution is -0.201. The van der Waals surface area contributed by atoms with Crippen molar-refractivity contribution in [2.75, 3.05) is 25.4 Å². The van der Waals surface area contributed by atoms with Crippen LogP contribution >= 0.6 is 0 Å². The van der Waals surface area contributed by atoms with Gasteiger partial charge < -0.3 is 35.9 Å². The van der Waals surface area contributed by atoms with Gasteiger partial charge in [-0.05, 0) is 26.2 Å². The molecule has 2 fully saturated rings. The van der Waals surface area contributed by atoms with Crippen LogP contribution in [0.25, 0.3) is 11.2 Å². The molecule has 2 aromatic rings. The first-order valence-electron chi connectivity index (χ1n) is 10.7. The SMILES string of the molecule is C[C@]1(O)COC2(CCN(C(=O)CC[C@H](N)C(=O)O)CC2)C[C@@H]1n1cnc2c(N)ncnc21. The predicted octanol–water partition coefficient (Wildman–Crippen LogP) is -0.326. The Morgan fingerprint density at radius 2 is 2.03 bits per heavy atom. The maximum Gasteiger partial charge on any atom is 0.320 e. The normalized spacial score (nSPS) is 26.3. The van der Waals surface area contributed by atoms with E-state index in [2.05, 4.69) is 15.0 Å². The second-order valence-electron chi connectivity index (χ2n) is 9.00. The van der Waals surface area contributed by atoms with Crippen LogP contribution in [0.5, 0.6) is 0 Å². The zero-order chi connectivity index (χ0) is 23.1. The summed E-state index contributed by atoms with van der Waals surface area (Å²) in [7, 11) is 0. The largest absolute Gasteiger partial charge is 0.480 e. The lowest BCUT2D eigenvalue weighted by atomic mass is 9.77. The number of carboxylic acid groups (broad SMARTS) is 1. The number of aliphatic hydroxyl groups is 1. The standard InChI is InChI=1S/C20H29N7O5/c1-19(31)9-32-20(4-6-26(7-5-20)14(28)3-2-12(21)18(29)30)8-13(19)27-11-25-15-16(22)23-10-24-17(15)27/h10-13,31H,2-9,21H2,1H3,(H,29,30)(H2,22,23,24)/t12-,13-,19-/m0/s1. The van der Waals surface area contributed by atoms with Crippen LogP contribution in [0.1, 0.15) is 45.1 Å². The number of ether oxygens (including phenoxy) is 1. The van der Waals surface area contributed by atoms with Crippen LogP contribution in [-0.2, 0) is 14.3 Å². The molecule has 12 nitrogen and oxygen atoms in total. The fourth-order valence-electron chi connectivity index (χ4n) is 4.60. The molecule has 0 aliphatic carbocycles. The number of aliphatic carboxylic acids is 1. The predicted molar refractivity (Wildman–Crippen MR) is 113 cm³/mol. The van der Waals surface area contributed by atoms with Crippen molar-refractivity contribution in [2.45, 2.75) is 62.3 Å². The highest BCUT2D eigenvalue weighted by atomic mass is 16.5. The highest BCUT2D eigenvalue weighted by molar-refractivity contribution is 5.81. The molecule has 0 aromatic carbocycles. The van der Waals surface area contributed by atoms with E-state index < -0.39 is 23.2 Å². The first-order chi connectivity index (χ1) is 15.1. The Morgan fingerprint density at radius 1 is 1.31 bits per heavy atom. The number of anilines is 1. The van der Waals surface area contributed by atoms with E-state index >= 15 is 0 Å². The van der Waals surface area contributed by atoms with Crippen molar-refractivity contribution < 1.29 is 24.5 Å². The molecule has 0 bridgehead atoms. The van der Waals surface area contributed by atoms with Gasteiger partial charge >= 0.3 is 5.97 Å². The average Bonchev–Trinajstić information content (AvgIpc) is 3.19. The molecule has 2 saturated heterocycles. The quantitative estimate of drug-likeness (QED) is 0.473. The molecule has 4 heterocycles. The number of nitrogens with two attached hydrogens (primary N) is 2. The Labute approximate surface area is 184 Å². The Morgan fingerprint density at radius 3 is 2.72 bits per heavy atom. The summed E-state index contributed by atoms with van der Waals surface area (Å²) < 4.78 is 8.00. The smallest absolute Gasteiger partial charge is 0.320 e. The molecule has 3 atom stereocenters. The Bertz CT molecular complexity index is 1010. The highest BCUT2D eigenvalue weighted by Gasteiger charge is 2.49. The van der Waals surface area contributed by atoms with E-state index in [1.807, 2.05) is 4.57 Å². The third-order valence-electron chi connectivity index (χ3n) is 6.69. The summed E-state index contributed by atoms with van der Waals surface area (Å²) in [5, 5.41) is 20.0. The molecule has 12 heteroatoms. The van der Waals surface area contributed by atoms with Gasteiger partial charge in [-0.3, -0.25) is 9.59 Å². The minimum absolute atomic E-state index is 0.0980. The van der Waals surface area contributed by atoms with Crippen molar-refractivity contribution >= 4 is 28.9 Å². The monoisotopic (exact) mass is 447 g/mol. The molecule has 0 saturated carbocycles. The van der Waals surface area contributed by atoms with E-state index in [0.29, 0.717) is 43.5 Å². The number of aromatic nitrogens is 4. The lowest BCUT2D eigenvalue weighted by Crippen LogP contribution is -2.57. The molecular weight excluding hydrogens is 418 g/mol. The van der Waals surface area contributed by atoms with Gasteiger partial charge in [-0.2, -0.15) is 0 Å². The molecule has 0 radical (unpaired) electrons. The van der Waals surface area contributed by atoms with Crippen LogP contribution in [0.15, 0.2) is 12.7 Å². The van der Waals surface area contributed by atoms with Gasteiger partial charge in [0, 0.05) is 25.9 Å². The molecule has 32 heavy (non-hydrogen) atoms. The van der Waals surface area contributed by atoms with E-state index in [1.54, 1.807) is 18.2 Å². The Hall–Kier alpha value is -2.83. The van der Waals surface area contributed by atoms with Gasteiger partial charge in [0.2, 0.25) is 5.91 Å².